The second-order valence-electron chi connectivity index (χ2n) is 8.95. The minimum absolute atomic E-state index is 0.0440. The molecule has 2 rings (SSSR count). The third-order valence-electron chi connectivity index (χ3n) is 5.82. The number of carbonyl (C=O) groups excluding carboxylic acids is 5. The van der Waals surface area contributed by atoms with Crippen molar-refractivity contribution >= 4 is 35.7 Å². The van der Waals surface area contributed by atoms with E-state index in [2.05, 4.69) is 16.0 Å². The molecule has 2 aromatic rings. The number of nitrogens with one attached hydrogen (secondary N) is 3. The van der Waals surface area contributed by atoms with Crippen molar-refractivity contribution in [3.8, 4) is 11.5 Å². The van der Waals surface area contributed by atoms with Gasteiger partial charge in [-0.2, -0.15) is 0 Å². The Balaban J connectivity index is 2.06. The minimum Gasteiger partial charge on any atom is -0.504 e. The molecule has 0 unspecified atom stereocenters. The maximum absolute atomic E-state index is 13.3. The van der Waals surface area contributed by atoms with Crippen molar-refractivity contribution in [3.05, 3.63) is 65.7 Å². The molecule has 0 saturated heterocycles. The van der Waals surface area contributed by atoms with Crippen LogP contribution >= 0.6 is 0 Å². The van der Waals surface area contributed by atoms with Gasteiger partial charge in [-0.3, -0.25) is 19.2 Å². The van der Waals surface area contributed by atoms with E-state index in [0.29, 0.717) is 5.56 Å². The van der Waals surface area contributed by atoms with Crippen LogP contribution in [0, 0.1) is 0 Å². The Morgan fingerprint density at radius 1 is 0.929 bits per heavy atom. The number of amides is 3. The summed E-state index contributed by atoms with van der Waals surface area (Å²) < 4.78 is 15.0. The Morgan fingerprint density at radius 3 is 2.31 bits per heavy atom. The highest BCUT2D eigenvalue weighted by atomic mass is 16.5. The zero-order chi connectivity index (χ0) is 30.9. The van der Waals surface area contributed by atoms with Crippen molar-refractivity contribution in [3.63, 3.8) is 0 Å². The lowest BCUT2D eigenvalue weighted by molar-refractivity contribution is -0.149. The number of esters is 2. The maximum atomic E-state index is 13.3. The number of hydrogen-bond donors (Lipinski definition) is 4. The van der Waals surface area contributed by atoms with Crippen molar-refractivity contribution in [2.45, 2.75) is 45.2 Å². The van der Waals surface area contributed by atoms with E-state index in [0.717, 1.165) is 5.56 Å². The first-order chi connectivity index (χ1) is 20.2. The number of ether oxygens (including phenoxy) is 3. The first-order valence-electron chi connectivity index (χ1n) is 13.5. The van der Waals surface area contributed by atoms with Gasteiger partial charge in [-0.25, -0.2) is 4.79 Å². The highest BCUT2D eigenvalue weighted by Gasteiger charge is 2.28. The van der Waals surface area contributed by atoms with Crippen molar-refractivity contribution < 1.29 is 43.3 Å². The van der Waals surface area contributed by atoms with E-state index in [-0.39, 0.29) is 44.0 Å². The molecule has 3 amide bonds. The molecule has 42 heavy (non-hydrogen) atoms. The summed E-state index contributed by atoms with van der Waals surface area (Å²) >= 11 is 0. The number of carbonyl (C=O) groups is 5. The highest BCUT2D eigenvalue weighted by Crippen LogP contribution is 2.26. The fourth-order valence-electron chi connectivity index (χ4n) is 3.76. The monoisotopic (exact) mass is 583 g/mol. The molecular formula is C30H37N3O9. The SMILES string of the molecule is CCOC(=O)CC[C@@H](NC(=O)[C@@H](Cc1ccccc1)NC(=O)CNC(=O)/C=C/c1ccc(O)c(OC)c1)C(=O)OCC. The van der Waals surface area contributed by atoms with Gasteiger partial charge in [-0.1, -0.05) is 36.4 Å². The van der Waals surface area contributed by atoms with E-state index in [1.165, 1.54) is 31.4 Å². The predicted molar refractivity (Wildman–Crippen MR) is 153 cm³/mol. The third kappa shape index (κ3) is 11.7. The Kier molecular flexibility index (Phi) is 14.1. The topological polar surface area (TPSA) is 169 Å². The number of aromatic hydroxyl groups is 1. The first-order valence-corrected chi connectivity index (χ1v) is 13.5. The maximum Gasteiger partial charge on any atom is 0.328 e. The summed E-state index contributed by atoms with van der Waals surface area (Å²) in [7, 11) is 1.40. The molecule has 0 radical (unpaired) electrons. The van der Waals surface area contributed by atoms with Crippen LogP contribution < -0.4 is 20.7 Å². The normalized spacial score (nSPS) is 12.1. The molecule has 4 N–H and O–H groups in total. The summed E-state index contributed by atoms with van der Waals surface area (Å²) in [5.74, 6) is -2.92. The van der Waals surface area contributed by atoms with Gasteiger partial charge in [0.05, 0.1) is 26.9 Å². The van der Waals surface area contributed by atoms with Crippen molar-refractivity contribution in [2.75, 3.05) is 26.9 Å². The van der Waals surface area contributed by atoms with Crippen molar-refractivity contribution in [1.82, 2.24) is 16.0 Å². The first kappa shape index (κ1) is 33.3. The third-order valence-corrected chi connectivity index (χ3v) is 5.82. The number of phenolic OH excluding ortho intramolecular Hbond substituents is 1. The number of hydrogen-bond acceptors (Lipinski definition) is 9. The minimum atomic E-state index is -1.14. The number of rotatable bonds is 16. The standard InChI is InChI=1S/C30H37N3O9/c1-4-41-28(37)16-13-22(30(39)42-5-2)33-29(38)23(17-20-9-7-6-8-10-20)32-27(36)19-31-26(35)15-12-21-11-14-24(34)25(18-21)40-3/h6-12,14-15,18,22-23,34H,4-5,13,16-17,19H2,1-3H3,(H,31,35)(H,32,36)(H,33,38)/b15-12+/t22-,23-/m1/s1. The molecule has 0 aliphatic carbocycles. The zero-order valence-corrected chi connectivity index (χ0v) is 23.9. The summed E-state index contributed by atoms with van der Waals surface area (Å²) in [5, 5.41) is 17.3. The van der Waals surface area contributed by atoms with Crippen molar-refractivity contribution in [2.24, 2.45) is 0 Å². The molecule has 12 heteroatoms. The average Bonchev–Trinajstić information content (AvgIpc) is 2.98. The van der Waals surface area contributed by atoms with E-state index in [1.54, 1.807) is 50.2 Å². The van der Waals surface area contributed by atoms with Crippen LogP contribution in [-0.4, -0.2) is 73.7 Å². The largest absolute Gasteiger partial charge is 0.504 e. The van der Waals surface area contributed by atoms with Gasteiger partial charge in [0.2, 0.25) is 17.7 Å². The van der Waals surface area contributed by atoms with Crippen LogP contribution in [-0.2, 0) is 39.9 Å². The number of benzene rings is 2. The summed E-state index contributed by atoms with van der Waals surface area (Å²) in [6.07, 6.45) is 2.62. The van der Waals surface area contributed by atoms with Gasteiger partial charge in [0.1, 0.15) is 12.1 Å². The molecule has 0 heterocycles. The molecule has 0 bridgehead atoms. The Hall–Kier alpha value is -4.87. The second-order valence-corrected chi connectivity index (χ2v) is 8.95. The van der Waals surface area contributed by atoms with Gasteiger partial charge in [0, 0.05) is 18.9 Å². The summed E-state index contributed by atoms with van der Waals surface area (Å²) in [5.41, 5.74) is 1.33. The number of phenols is 1. The van der Waals surface area contributed by atoms with Crippen molar-refractivity contribution in [1.29, 1.82) is 0 Å². The van der Waals surface area contributed by atoms with Crippen LogP contribution in [0.3, 0.4) is 0 Å². The molecule has 226 valence electrons. The Morgan fingerprint density at radius 2 is 1.64 bits per heavy atom. The molecule has 2 atom stereocenters. The van der Waals surface area contributed by atoms with Gasteiger partial charge in [0.25, 0.3) is 0 Å². The lowest BCUT2D eigenvalue weighted by atomic mass is 10.0. The number of methoxy groups -OCH3 is 1. The summed E-state index contributed by atoms with van der Waals surface area (Å²) in [4.78, 5) is 62.6. The molecule has 0 fully saturated rings. The molecule has 0 saturated carbocycles. The van der Waals surface area contributed by atoms with E-state index < -0.39 is 48.3 Å². The zero-order valence-electron chi connectivity index (χ0n) is 23.9. The predicted octanol–water partition coefficient (Wildman–Crippen LogP) is 1.65. The van der Waals surface area contributed by atoms with Crippen LogP contribution in [0.5, 0.6) is 11.5 Å². The van der Waals surface area contributed by atoms with Crippen LogP contribution in [0.1, 0.15) is 37.8 Å². The fourth-order valence-corrected chi connectivity index (χ4v) is 3.76. The van der Waals surface area contributed by atoms with E-state index in [1.807, 2.05) is 0 Å². The lowest BCUT2D eigenvalue weighted by Gasteiger charge is -2.22. The molecule has 0 aliphatic heterocycles. The van der Waals surface area contributed by atoms with E-state index in [9.17, 15) is 29.1 Å². The molecule has 0 aliphatic rings. The van der Waals surface area contributed by atoms with E-state index in [4.69, 9.17) is 14.2 Å². The van der Waals surface area contributed by atoms with Crippen LogP contribution in [0.2, 0.25) is 0 Å². The van der Waals surface area contributed by atoms with Crippen LogP contribution in [0.15, 0.2) is 54.6 Å². The molecule has 0 aromatic heterocycles. The molecule has 2 aromatic carbocycles. The molecule has 0 spiro atoms. The quantitative estimate of drug-likeness (QED) is 0.170. The average molecular weight is 584 g/mol. The van der Waals surface area contributed by atoms with Gasteiger partial charge < -0.3 is 35.3 Å². The van der Waals surface area contributed by atoms with E-state index >= 15 is 0 Å². The highest BCUT2D eigenvalue weighted by molar-refractivity contribution is 5.96. The van der Waals surface area contributed by atoms with Gasteiger partial charge >= 0.3 is 11.9 Å². The fraction of sp³-hybridized carbons (Fsp3) is 0.367. The Labute approximate surface area is 244 Å². The van der Waals surface area contributed by atoms with Gasteiger partial charge in [-0.05, 0) is 49.6 Å². The molecular weight excluding hydrogens is 546 g/mol. The van der Waals surface area contributed by atoms with Crippen LogP contribution in [0.4, 0.5) is 0 Å². The second kappa shape index (κ2) is 17.7. The summed E-state index contributed by atoms with van der Waals surface area (Å²) in [6.45, 7) is 3.10. The van der Waals surface area contributed by atoms with Gasteiger partial charge in [-0.15, -0.1) is 0 Å². The summed E-state index contributed by atoms with van der Waals surface area (Å²) in [6, 6.07) is 11.2. The lowest BCUT2D eigenvalue weighted by Crippen LogP contribution is -2.54. The Bertz CT molecular complexity index is 1250. The smallest absolute Gasteiger partial charge is 0.328 e. The molecule has 12 nitrogen and oxygen atoms in total. The van der Waals surface area contributed by atoms with Crippen LogP contribution in [0.25, 0.3) is 6.08 Å². The van der Waals surface area contributed by atoms with Gasteiger partial charge in [0.15, 0.2) is 11.5 Å².